The van der Waals surface area contributed by atoms with E-state index < -0.39 is 0 Å². The van der Waals surface area contributed by atoms with Crippen molar-refractivity contribution in [3.05, 3.63) is 22.6 Å². The lowest BCUT2D eigenvalue weighted by Crippen LogP contribution is -2.52. The van der Waals surface area contributed by atoms with Crippen LogP contribution in [0.4, 0.5) is 0 Å². The van der Waals surface area contributed by atoms with Crippen LogP contribution in [0, 0.1) is 0 Å². The van der Waals surface area contributed by atoms with Crippen molar-refractivity contribution in [1.29, 1.82) is 0 Å². The normalized spacial score (nSPS) is 26.0. The van der Waals surface area contributed by atoms with E-state index in [0.29, 0.717) is 6.42 Å². The summed E-state index contributed by atoms with van der Waals surface area (Å²) in [4.78, 5) is 14.2. The molecule has 0 radical (unpaired) electrons. The predicted octanol–water partition coefficient (Wildman–Crippen LogP) is 2.70. The Morgan fingerprint density at radius 1 is 1.58 bits per heavy atom. The molecule has 0 aliphatic heterocycles. The Kier molecular flexibility index (Phi) is 6.39. The van der Waals surface area contributed by atoms with Crippen molar-refractivity contribution in [3.8, 4) is 0 Å². The second-order valence-electron chi connectivity index (χ2n) is 4.70. The SMILES string of the molecule is CCC(CC)O[C@@H]1C=CC[C@H](N=[N+]=[N-])[C@H]1NC(C)=O. The van der Waals surface area contributed by atoms with E-state index in [1.165, 1.54) is 6.92 Å². The number of carbonyl (C=O) groups is 1. The van der Waals surface area contributed by atoms with Crippen molar-refractivity contribution in [3.63, 3.8) is 0 Å². The van der Waals surface area contributed by atoms with Crippen molar-refractivity contribution >= 4 is 5.91 Å². The number of amides is 1. The number of azide groups is 1. The van der Waals surface area contributed by atoms with Crippen LogP contribution in [0.25, 0.3) is 10.4 Å². The van der Waals surface area contributed by atoms with Crippen LogP contribution in [-0.4, -0.2) is 30.2 Å². The molecule has 0 bridgehead atoms. The summed E-state index contributed by atoms with van der Waals surface area (Å²) in [7, 11) is 0. The van der Waals surface area contributed by atoms with Crippen molar-refractivity contribution in [2.75, 3.05) is 0 Å². The molecule has 19 heavy (non-hydrogen) atoms. The third kappa shape index (κ3) is 4.58. The van der Waals surface area contributed by atoms with Gasteiger partial charge in [0.1, 0.15) is 0 Å². The summed E-state index contributed by atoms with van der Waals surface area (Å²) < 4.78 is 5.99. The number of hydrogen-bond acceptors (Lipinski definition) is 3. The molecule has 6 nitrogen and oxygen atoms in total. The van der Waals surface area contributed by atoms with Gasteiger partial charge in [0, 0.05) is 11.8 Å². The number of ether oxygens (including phenoxy) is 1. The number of rotatable bonds is 6. The highest BCUT2D eigenvalue weighted by Gasteiger charge is 2.32. The average Bonchev–Trinajstić information content (AvgIpc) is 2.39. The van der Waals surface area contributed by atoms with Crippen LogP contribution >= 0.6 is 0 Å². The quantitative estimate of drug-likeness (QED) is 0.347. The molecule has 0 saturated heterocycles. The second-order valence-corrected chi connectivity index (χ2v) is 4.70. The highest BCUT2D eigenvalue weighted by molar-refractivity contribution is 5.73. The van der Waals surface area contributed by atoms with Gasteiger partial charge in [-0.25, -0.2) is 0 Å². The molecule has 0 spiro atoms. The lowest BCUT2D eigenvalue weighted by atomic mass is 9.93. The maximum Gasteiger partial charge on any atom is 0.217 e. The molecule has 1 N–H and O–H groups in total. The van der Waals surface area contributed by atoms with Crippen LogP contribution in [0.5, 0.6) is 0 Å². The fourth-order valence-electron chi connectivity index (χ4n) is 2.27. The largest absolute Gasteiger partial charge is 0.369 e. The molecule has 0 aromatic rings. The van der Waals surface area contributed by atoms with Gasteiger partial charge < -0.3 is 10.1 Å². The van der Waals surface area contributed by atoms with Crippen LogP contribution in [-0.2, 0) is 9.53 Å². The Balaban J connectivity index is 2.84. The molecule has 1 aliphatic carbocycles. The lowest BCUT2D eigenvalue weighted by Gasteiger charge is -2.34. The third-order valence-corrected chi connectivity index (χ3v) is 3.30. The Morgan fingerprint density at radius 3 is 2.79 bits per heavy atom. The minimum atomic E-state index is -0.293. The van der Waals surface area contributed by atoms with Gasteiger partial charge in [-0.05, 0) is 24.8 Å². The zero-order valence-corrected chi connectivity index (χ0v) is 11.7. The first-order valence-electron chi connectivity index (χ1n) is 6.75. The summed E-state index contributed by atoms with van der Waals surface area (Å²) in [5, 5.41) is 6.60. The number of carbonyl (C=O) groups excluding carboxylic acids is 1. The maximum atomic E-state index is 11.3. The minimum absolute atomic E-state index is 0.142. The Morgan fingerprint density at radius 2 is 2.26 bits per heavy atom. The van der Waals surface area contributed by atoms with E-state index in [4.69, 9.17) is 10.3 Å². The zero-order valence-electron chi connectivity index (χ0n) is 11.7. The van der Waals surface area contributed by atoms with Crippen molar-refractivity contribution in [2.24, 2.45) is 5.11 Å². The lowest BCUT2D eigenvalue weighted by molar-refractivity contribution is -0.121. The van der Waals surface area contributed by atoms with Gasteiger partial charge in [0.2, 0.25) is 5.91 Å². The van der Waals surface area contributed by atoms with E-state index in [2.05, 4.69) is 29.2 Å². The van der Waals surface area contributed by atoms with Crippen molar-refractivity contribution in [1.82, 2.24) is 5.32 Å². The summed E-state index contributed by atoms with van der Waals surface area (Å²) in [6, 6.07) is -0.586. The number of hydrogen-bond donors (Lipinski definition) is 1. The highest BCUT2D eigenvalue weighted by Crippen LogP contribution is 2.21. The minimum Gasteiger partial charge on any atom is -0.369 e. The third-order valence-electron chi connectivity index (χ3n) is 3.30. The summed E-state index contributed by atoms with van der Waals surface area (Å²) in [5.74, 6) is -0.142. The Labute approximate surface area is 113 Å². The van der Waals surface area contributed by atoms with Crippen molar-refractivity contribution in [2.45, 2.75) is 64.3 Å². The van der Waals surface area contributed by atoms with E-state index in [0.717, 1.165) is 12.8 Å². The highest BCUT2D eigenvalue weighted by atomic mass is 16.5. The van der Waals surface area contributed by atoms with Gasteiger partial charge >= 0.3 is 0 Å². The molecule has 106 valence electrons. The fourth-order valence-corrected chi connectivity index (χ4v) is 2.27. The molecule has 0 unspecified atom stereocenters. The van der Waals surface area contributed by atoms with Crippen LogP contribution in [0.1, 0.15) is 40.0 Å². The Bertz CT molecular complexity index is 373. The summed E-state index contributed by atoms with van der Waals surface area (Å²) >= 11 is 0. The predicted molar refractivity (Wildman–Crippen MR) is 73.5 cm³/mol. The van der Waals surface area contributed by atoms with Gasteiger partial charge in [0.25, 0.3) is 0 Å². The van der Waals surface area contributed by atoms with Gasteiger partial charge in [-0.2, -0.15) is 0 Å². The first-order chi connectivity index (χ1) is 9.12. The van der Waals surface area contributed by atoms with E-state index in [-0.39, 0.29) is 30.2 Å². The topological polar surface area (TPSA) is 87.1 Å². The smallest absolute Gasteiger partial charge is 0.217 e. The molecular formula is C13H22N4O2. The maximum absolute atomic E-state index is 11.3. The Hall–Kier alpha value is -1.52. The molecule has 0 fully saturated rings. The molecule has 0 aromatic heterocycles. The molecule has 0 heterocycles. The average molecular weight is 266 g/mol. The summed E-state index contributed by atoms with van der Waals surface area (Å²) in [5.41, 5.74) is 8.61. The van der Waals surface area contributed by atoms with Gasteiger partial charge in [-0.1, -0.05) is 31.1 Å². The standard InChI is InChI=1S/C13H22N4O2/c1-4-10(5-2)19-12-8-6-7-11(16-17-14)13(12)15-9(3)18/h6,8,10-13H,4-5,7H2,1-3H3,(H,15,18)/t11-,12+,13+/m0/s1. The fraction of sp³-hybridized carbons (Fsp3) is 0.769. The summed E-state index contributed by atoms with van der Waals surface area (Å²) in [6.07, 6.45) is 6.26. The summed E-state index contributed by atoms with van der Waals surface area (Å²) in [6.45, 7) is 5.59. The molecule has 3 atom stereocenters. The molecule has 6 heteroatoms. The van der Waals surface area contributed by atoms with Crippen LogP contribution < -0.4 is 5.32 Å². The first-order valence-corrected chi connectivity index (χ1v) is 6.75. The molecule has 0 saturated carbocycles. The van der Waals surface area contributed by atoms with Gasteiger partial charge in [0.05, 0.1) is 24.3 Å². The van der Waals surface area contributed by atoms with E-state index >= 15 is 0 Å². The van der Waals surface area contributed by atoms with Crippen LogP contribution in [0.15, 0.2) is 17.3 Å². The van der Waals surface area contributed by atoms with E-state index in [1.807, 2.05) is 12.2 Å². The number of nitrogens with zero attached hydrogens (tertiary/aromatic N) is 3. The van der Waals surface area contributed by atoms with Gasteiger partial charge in [-0.3, -0.25) is 4.79 Å². The molecule has 1 rings (SSSR count). The van der Waals surface area contributed by atoms with Crippen molar-refractivity contribution < 1.29 is 9.53 Å². The molecule has 1 amide bonds. The van der Waals surface area contributed by atoms with Crippen LogP contribution in [0.2, 0.25) is 0 Å². The van der Waals surface area contributed by atoms with E-state index in [1.54, 1.807) is 0 Å². The van der Waals surface area contributed by atoms with E-state index in [9.17, 15) is 4.79 Å². The first kappa shape index (κ1) is 15.5. The van der Waals surface area contributed by atoms with Gasteiger partial charge in [0.15, 0.2) is 0 Å². The molecule has 0 aromatic carbocycles. The number of nitrogens with one attached hydrogen (secondary N) is 1. The van der Waals surface area contributed by atoms with Crippen LogP contribution in [0.3, 0.4) is 0 Å². The zero-order chi connectivity index (χ0) is 14.3. The monoisotopic (exact) mass is 266 g/mol. The second kappa shape index (κ2) is 7.81. The molecular weight excluding hydrogens is 244 g/mol. The molecule has 1 aliphatic rings. The van der Waals surface area contributed by atoms with Gasteiger partial charge in [-0.15, -0.1) is 0 Å².